The minimum absolute atomic E-state index is 0.0286. The minimum Gasteiger partial charge on any atom is -0.375 e. The minimum atomic E-state index is -0.0448. The van der Waals surface area contributed by atoms with E-state index in [1.807, 2.05) is 18.2 Å². The van der Waals surface area contributed by atoms with Crippen LogP contribution in [-0.2, 0) is 9.53 Å². The lowest BCUT2D eigenvalue weighted by Crippen LogP contribution is -2.44. The fourth-order valence-corrected chi connectivity index (χ4v) is 2.97. The van der Waals surface area contributed by atoms with E-state index in [9.17, 15) is 9.59 Å². The third-order valence-electron chi connectivity index (χ3n) is 4.10. The second-order valence-corrected chi connectivity index (χ2v) is 5.54. The second-order valence-electron chi connectivity index (χ2n) is 5.54. The van der Waals surface area contributed by atoms with Crippen molar-refractivity contribution in [1.82, 2.24) is 14.5 Å². The van der Waals surface area contributed by atoms with Gasteiger partial charge in [0, 0.05) is 20.2 Å². The zero-order valence-electron chi connectivity index (χ0n) is 12.6. The fraction of sp³-hybridized carbons (Fsp3) is 0.438. The van der Waals surface area contributed by atoms with E-state index in [0.29, 0.717) is 24.0 Å². The topological polar surface area (TPSA) is 64.4 Å². The predicted molar refractivity (Wildman–Crippen MR) is 82.7 cm³/mol. The quantitative estimate of drug-likeness (QED) is 0.854. The molecule has 0 N–H and O–H groups in total. The van der Waals surface area contributed by atoms with E-state index in [2.05, 4.69) is 4.98 Å². The van der Waals surface area contributed by atoms with Gasteiger partial charge in [-0.1, -0.05) is 12.1 Å². The van der Waals surface area contributed by atoms with E-state index in [1.165, 1.54) is 7.11 Å². The Bertz CT molecular complexity index is 741. The third kappa shape index (κ3) is 2.74. The number of hydrogen-bond donors (Lipinski definition) is 0. The SMILES string of the molecule is COCC(=O)N1CCC[C@@H](n2cnc3ccccc3c2=O)C1. The van der Waals surface area contributed by atoms with Crippen molar-refractivity contribution in [3.05, 3.63) is 40.9 Å². The van der Waals surface area contributed by atoms with Crippen LogP contribution in [0.15, 0.2) is 35.4 Å². The van der Waals surface area contributed by atoms with Crippen LogP contribution in [0.4, 0.5) is 0 Å². The van der Waals surface area contributed by atoms with E-state index in [4.69, 9.17) is 4.74 Å². The Morgan fingerprint density at radius 3 is 3.05 bits per heavy atom. The van der Waals surface area contributed by atoms with Crippen LogP contribution in [0.1, 0.15) is 18.9 Å². The number of fused-ring (bicyclic) bond motifs is 1. The molecule has 1 saturated heterocycles. The van der Waals surface area contributed by atoms with Crippen LogP contribution in [0.25, 0.3) is 10.9 Å². The van der Waals surface area contributed by atoms with Crippen LogP contribution in [0.3, 0.4) is 0 Å². The summed E-state index contributed by atoms with van der Waals surface area (Å²) in [5.41, 5.74) is 0.656. The van der Waals surface area contributed by atoms with Crippen LogP contribution in [0.5, 0.6) is 0 Å². The number of ether oxygens (including phenoxy) is 1. The molecule has 0 spiro atoms. The van der Waals surface area contributed by atoms with Crippen molar-refractivity contribution in [3.63, 3.8) is 0 Å². The number of benzene rings is 1. The monoisotopic (exact) mass is 301 g/mol. The molecule has 0 unspecified atom stereocenters. The van der Waals surface area contributed by atoms with E-state index in [-0.39, 0.29) is 24.1 Å². The van der Waals surface area contributed by atoms with Crippen molar-refractivity contribution in [2.45, 2.75) is 18.9 Å². The van der Waals surface area contributed by atoms with E-state index < -0.39 is 0 Å². The summed E-state index contributed by atoms with van der Waals surface area (Å²) in [6.07, 6.45) is 3.34. The number of amides is 1. The first-order chi connectivity index (χ1) is 10.7. The Balaban J connectivity index is 1.89. The van der Waals surface area contributed by atoms with Gasteiger partial charge < -0.3 is 9.64 Å². The molecular weight excluding hydrogens is 282 g/mol. The Morgan fingerprint density at radius 2 is 2.23 bits per heavy atom. The van der Waals surface area contributed by atoms with Gasteiger partial charge in [-0.15, -0.1) is 0 Å². The molecule has 6 nitrogen and oxygen atoms in total. The number of likely N-dealkylation sites (tertiary alicyclic amines) is 1. The molecule has 1 aromatic carbocycles. The molecule has 2 aromatic rings. The average molecular weight is 301 g/mol. The fourth-order valence-electron chi connectivity index (χ4n) is 2.97. The molecule has 0 bridgehead atoms. The van der Waals surface area contributed by atoms with Crippen molar-refractivity contribution in [2.75, 3.05) is 26.8 Å². The summed E-state index contributed by atoms with van der Waals surface area (Å²) in [5, 5.41) is 0.616. The molecule has 1 aliphatic rings. The lowest BCUT2D eigenvalue weighted by molar-refractivity contribution is -0.136. The summed E-state index contributed by atoms with van der Waals surface area (Å²) in [6.45, 7) is 1.33. The van der Waals surface area contributed by atoms with Crippen molar-refractivity contribution in [3.8, 4) is 0 Å². The highest BCUT2D eigenvalue weighted by Crippen LogP contribution is 2.20. The van der Waals surface area contributed by atoms with E-state index in [1.54, 1.807) is 21.9 Å². The van der Waals surface area contributed by atoms with Crippen LogP contribution in [0.2, 0.25) is 0 Å². The van der Waals surface area contributed by atoms with Gasteiger partial charge in [0.25, 0.3) is 5.56 Å². The van der Waals surface area contributed by atoms with Crippen LogP contribution < -0.4 is 5.56 Å². The molecule has 1 fully saturated rings. The number of aromatic nitrogens is 2. The second kappa shape index (κ2) is 6.27. The molecule has 0 radical (unpaired) electrons. The van der Waals surface area contributed by atoms with Crippen LogP contribution in [-0.4, -0.2) is 47.2 Å². The number of methoxy groups -OCH3 is 1. The first-order valence-electron chi connectivity index (χ1n) is 7.43. The van der Waals surface area contributed by atoms with E-state index >= 15 is 0 Å². The first-order valence-corrected chi connectivity index (χ1v) is 7.43. The van der Waals surface area contributed by atoms with Crippen molar-refractivity contribution >= 4 is 16.8 Å². The maximum absolute atomic E-state index is 12.6. The summed E-state index contributed by atoms with van der Waals surface area (Å²) in [6, 6.07) is 7.29. The standard InChI is InChI=1S/C16H19N3O3/c1-22-10-15(20)18-8-4-5-12(9-18)19-11-17-14-7-3-2-6-13(14)16(19)21/h2-3,6-7,11-12H,4-5,8-10H2,1H3/t12-/m1/s1. The maximum Gasteiger partial charge on any atom is 0.261 e. The highest BCUT2D eigenvalue weighted by Gasteiger charge is 2.25. The van der Waals surface area contributed by atoms with Gasteiger partial charge in [0.1, 0.15) is 6.61 Å². The molecule has 3 rings (SSSR count). The summed E-state index contributed by atoms with van der Waals surface area (Å²) in [4.78, 5) is 30.7. The number of rotatable bonds is 3. The molecule has 1 atom stereocenters. The number of carbonyl (C=O) groups excluding carboxylic acids is 1. The van der Waals surface area contributed by atoms with Crippen molar-refractivity contribution in [2.24, 2.45) is 0 Å². The lowest BCUT2D eigenvalue weighted by Gasteiger charge is -2.33. The van der Waals surface area contributed by atoms with Gasteiger partial charge in [0.15, 0.2) is 0 Å². The Labute approximate surface area is 128 Å². The highest BCUT2D eigenvalue weighted by atomic mass is 16.5. The molecule has 1 aromatic heterocycles. The molecule has 0 saturated carbocycles. The highest BCUT2D eigenvalue weighted by molar-refractivity contribution is 5.78. The Kier molecular flexibility index (Phi) is 4.20. The molecule has 1 amide bonds. The molecule has 2 heterocycles. The number of para-hydroxylation sites is 1. The lowest BCUT2D eigenvalue weighted by atomic mass is 10.1. The summed E-state index contributed by atoms with van der Waals surface area (Å²) < 4.78 is 6.57. The average Bonchev–Trinajstić information content (AvgIpc) is 2.56. The predicted octanol–water partition coefficient (Wildman–Crippen LogP) is 1.21. The van der Waals surface area contributed by atoms with Gasteiger partial charge >= 0.3 is 0 Å². The summed E-state index contributed by atoms with van der Waals surface area (Å²) >= 11 is 0. The Morgan fingerprint density at radius 1 is 1.41 bits per heavy atom. The molecular formula is C16H19N3O3. The number of hydrogen-bond acceptors (Lipinski definition) is 4. The largest absolute Gasteiger partial charge is 0.375 e. The third-order valence-corrected chi connectivity index (χ3v) is 4.10. The number of nitrogens with zero attached hydrogens (tertiary/aromatic N) is 3. The maximum atomic E-state index is 12.6. The van der Waals surface area contributed by atoms with Gasteiger partial charge in [-0.2, -0.15) is 0 Å². The van der Waals surface area contributed by atoms with Crippen molar-refractivity contribution < 1.29 is 9.53 Å². The number of carbonyl (C=O) groups is 1. The van der Waals surface area contributed by atoms with Gasteiger partial charge in [-0.25, -0.2) is 4.98 Å². The van der Waals surface area contributed by atoms with Crippen molar-refractivity contribution in [1.29, 1.82) is 0 Å². The van der Waals surface area contributed by atoms with Gasteiger partial charge in [0.2, 0.25) is 5.91 Å². The Hall–Kier alpha value is -2.21. The summed E-state index contributed by atoms with van der Waals surface area (Å²) in [5.74, 6) is -0.0333. The molecule has 0 aliphatic carbocycles. The van der Waals surface area contributed by atoms with E-state index in [0.717, 1.165) is 12.8 Å². The zero-order chi connectivity index (χ0) is 15.5. The van der Waals surface area contributed by atoms with Crippen LogP contribution >= 0.6 is 0 Å². The zero-order valence-corrected chi connectivity index (χ0v) is 12.6. The smallest absolute Gasteiger partial charge is 0.261 e. The molecule has 116 valence electrons. The normalized spacial score (nSPS) is 18.6. The molecule has 22 heavy (non-hydrogen) atoms. The van der Waals surface area contributed by atoms with Gasteiger partial charge in [0.05, 0.1) is 23.3 Å². The number of piperidine rings is 1. The van der Waals surface area contributed by atoms with Crippen LogP contribution in [0, 0.1) is 0 Å². The first kappa shape index (κ1) is 14.7. The molecule has 6 heteroatoms. The van der Waals surface area contributed by atoms with Gasteiger partial charge in [-0.3, -0.25) is 14.2 Å². The van der Waals surface area contributed by atoms with Gasteiger partial charge in [-0.05, 0) is 25.0 Å². The summed E-state index contributed by atoms with van der Waals surface area (Å²) in [7, 11) is 1.51. The molecule has 1 aliphatic heterocycles.